The molecule has 1 aliphatic heterocycles. The first-order valence-corrected chi connectivity index (χ1v) is 12.6. The van der Waals surface area contributed by atoms with E-state index in [1.165, 1.54) is 38.5 Å². The zero-order valence-electron chi connectivity index (χ0n) is 19.9. The average molecular weight is 441 g/mol. The van der Waals surface area contributed by atoms with E-state index in [1.807, 2.05) is 6.07 Å². The lowest BCUT2D eigenvalue weighted by Gasteiger charge is -2.32. The Kier molecular flexibility index (Phi) is 8.83. The smallest absolute Gasteiger partial charge is 0.257 e. The van der Waals surface area contributed by atoms with Gasteiger partial charge < -0.3 is 5.73 Å². The van der Waals surface area contributed by atoms with Crippen LogP contribution in [0.4, 0.5) is 5.69 Å². The first kappa shape index (κ1) is 24.4. The molecule has 2 atom stereocenters. The van der Waals surface area contributed by atoms with Gasteiger partial charge in [0.1, 0.15) is 11.2 Å². The van der Waals surface area contributed by atoms with Gasteiger partial charge in [-0.2, -0.15) is 0 Å². The fraction of sp³-hybridized carbons (Fsp3) is 0.692. The van der Waals surface area contributed by atoms with E-state index in [0.717, 1.165) is 44.1 Å². The Morgan fingerprint density at radius 1 is 1.25 bits per heavy atom. The summed E-state index contributed by atoms with van der Waals surface area (Å²) < 4.78 is 0. The molecule has 32 heavy (non-hydrogen) atoms. The molecule has 0 spiro atoms. The highest BCUT2D eigenvalue weighted by atomic mass is 16.3. The molecular formula is C26H40N4O2. The van der Waals surface area contributed by atoms with Gasteiger partial charge in [0.15, 0.2) is 5.96 Å². The predicted octanol–water partition coefficient (Wildman–Crippen LogP) is 6.45. The van der Waals surface area contributed by atoms with Crippen LogP contribution in [0.5, 0.6) is 0 Å². The minimum Gasteiger partial charge on any atom is -0.369 e. The summed E-state index contributed by atoms with van der Waals surface area (Å²) in [4.78, 5) is 31.3. The predicted molar refractivity (Wildman–Crippen MR) is 131 cm³/mol. The minimum absolute atomic E-state index is 0.0326. The molecule has 6 heteroatoms. The summed E-state index contributed by atoms with van der Waals surface area (Å²) >= 11 is 0. The van der Waals surface area contributed by atoms with E-state index < -0.39 is 5.54 Å². The van der Waals surface area contributed by atoms with Crippen molar-refractivity contribution in [3.05, 3.63) is 34.7 Å². The first-order chi connectivity index (χ1) is 15.5. The van der Waals surface area contributed by atoms with Crippen LogP contribution in [0.1, 0.15) is 96.5 Å². The van der Waals surface area contributed by atoms with E-state index in [0.29, 0.717) is 30.0 Å². The van der Waals surface area contributed by atoms with Crippen LogP contribution >= 0.6 is 0 Å². The van der Waals surface area contributed by atoms with Gasteiger partial charge in [0.05, 0.1) is 6.54 Å². The van der Waals surface area contributed by atoms with Gasteiger partial charge in [0, 0.05) is 0 Å². The molecule has 1 unspecified atom stereocenters. The molecule has 0 bridgehead atoms. The summed E-state index contributed by atoms with van der Waals surface area (Å²) in [5, 5.41) is 3.02. The molecule has 1 aromatic rings. The van der Waals surface area contributed by atoms with Crippen LogP contribution in [0, 0.1) is 16.7 Å². The highest BCUT2D eigenvalue weighted by molar-refractivity contribution is 6.06. The molecule has 0 saturated heterocycles. The highest BCUT2D eigenvalue weighted by Gasteiger charge is 2.48. The van der Waals surface area contributed by atoms with E-state index >= 15 is 0 Å². The zero-order chi connectivity index (χ0) is 23.0. The Balaban J connectivity index is 1.80. The van der Waals surface area contributed by atoms with E-state index in [9.17, 15) is 9.70 Å². The normalized spacial score (nSPS) is 22.8. The Bertz CT molecular complexity index is 803. The lowest BCUT2D eigenvalue weighted by atomic mass is 9.77. The second-order valence-corrected chi connectivity index (χ2v) is 9.82. The zero-order valence-corrected chi connectivity index (χ0v) is 19.9. The van der Waals surface area contributed by atoms with Crippen molar-refractivity contribution in [1.82, 2.24) is 4.90 Å². The number of carbonyl (C=O) groups excluding carboxylic acids is 1. The minimum atomic E-state index is -0.740. The number of nitroso groups, excluding NO2 is 1. The maximum absolute atomic E-state index is 13.8. The van der Waals surface area contributed by atoms with Crippen molar-refractivity contribution >= 4 is 17.6 Å². The number of benzene rings is 1. The van der Waals surface area contributed by atoms with E-state index in [-0.39, 0.29) is 5.91 Å². The van der Waals surface area contributed by atoms with Gasteiger partial charge in [0.25, 0.3) is 5.91 Å². The van der Waals surface area contributed by atoms with E-state index in [1.54, 1.807) is 23.1 Å². The summed E-state index contributed by atoms with van der Waals surface area (Å²) in [7, 11) is 0. The average Bonchev–Trinajstić information content (AvgIpc) is 3.05. The maximum Gasteiger partial charge on any atom is 0.257 e. The van der Waals surface area contributed by atoms with Gasteiger partial charge in [0.2, 0.25) is 0 Å². The molecule has 1 heterocycles. The molecule has 6 nitrogen and oxygen atoms in total. The third kappa shape index (κ3) is 5.96. The fourth-order valence-corrected chi connectivity index (χ4v) is 5.47. The van der Waals surface area contributed by atoms with Crippen molar-refractivity contribution in [1.29, 1.82) is 0 Å². The second-order valence-electron chi connectivity index (χ2n) is 9.82. The number of nitrogens with zero attached hydrogens (tertiary/aromatic N) is 3. The number of amides is 1. The molecule has 1 aromatic carbocycles. The molecule has 1 amide bonds. The van der Waals surface area contributed by atoms with E-state index in [4.69, 9.17) is 10.7 Å². The molecule has 1 fully saturated rings. The van der Waals surface area contributed by atoms with Crippen LogP contribution in [0.15, 0.2) is 34.4 Å². The number of guanidine groups is 1. The van der Waals surface area contributed by atoms with Gasteiger partial charge >= 0.3 is 0 Å². The molecule has 2 N–H and O–H groups in total. The molecular weight excluding hydrogens is 400 g/mol. The number of aliphatic imine (C=N–C) groups is 1. The fourth-order valence-electron chi connectivity index (χ4n) is 5.47. The van der Waals surface area contributed by atoms with Crippen molar-refractivity contribution in [2.24, 2.45) is 27.7 Å². The van der Waals surface area contributed by atoms with Crippen molar-refractivity contribution in [3.63, 3.8) is 0 Å². The molecule has 1 saturated carbocycles. The number of unbranched alkanes of at least 4 members (excludes halogenated alkanes) is 1. The monoisotopic (exact) mass is 440 g/mol. The number of nitrogens with two attached hydrogens (primary N) is 1. The summed E-state index contributed by atoms with van der Waals surface area (Å²) in [5.74, 6) is 1.52. The molecule has 0 aromatic heterocycles. The number of rotatable bonds is 12. The third-order valence-electron chi connectivity index (χ3n) is 7.47. The summed E-state index contributed by atoms with van der Waals surface area (Å²) in [6.07, 6.45) is 13.6. The standard InChI is InChI=1S/C26H40N4O2/c1-3-5-10-20(4-2)18-26(16-15-21-11-7-6-8-12-21)24(31)30(25(27)28-26)19-22-13-9-14-23(17-22)29-32/h9,13-14,17,20-21H,3-8,10-12,15-16,18-19H2,1-2H3,(H2,27,28)/t20?,26-/m1/s1. The van der Waals surface area contributed by atoms with Gasteiger partial charge in [-0.15, -0.1) is 4.91 Å². The SMILES string of the molecule is CCCCC(CC)C[C@@]1(CCC2CCCCC2)N=C(N)N(Cc2cccc(N=O)c2)C1=O. The molecule has 2 aliphatic rings. The van der Waals surface area contributed by atoms with E-state index in [2.05, 4.69) is 19.0 Å². The van der Waals surface area contributed by atoms with Gasteiger partial charge in [-0.1, -0.05) is 83.8 Å². The van der Waals surface area contributed by atoms with Crippen LogP contribution in [0.2, 0.25) is 0 Å². The lowest BCUT2D eigenvalue weighted by molar-refractivity contribution is -0.132. The second kappa shape index (κ2) is 11.6. The lowest BCUT2D eigenvalue weighted by Crippen LogP contribution is -2.45. The quantitative estimate of drug-likeness (QED) is 0.379. The number of carbonyl (C=O) groups is 1. The molecule has 3 rings (SSSR count). The molecule has 0 radical (unpaired) electrons. The van der Waals surface area contributed by atoms with Gasteiger partial charge in [-0.3, -0.25) is 9.69 Å². The first-order valence-electron chi connectivity index (χ1n) is 12.6. The summed E-state index contributed by atoms with van der Waals surface area (Å²) in [6.45, 7) is 4.76. The van der Waals surface area contributed by atoms with Gasteiger partial charge in [-0.05, 0) is 54.0 Å². The van der Waals surface area contributed by atoms with Crippen LogP contribution in [0.3, 0.4) is 0 Å². The van der Waals surface area contributed by atoms with Crippen molar-refractivity contribution < 1.29 is 4.79 Å². The van der Waals surface area contributed by atoms with Crippen LogP contribution in [-0.2, 0) is 11.3 Å². The Morgan fingerprint density at radius 3 is 2.72 bits per heavy atom. The number of hydrogen-bond donors (Lipinski definition) is 1. The Labute approximate surface area is 193 Å². The third-order valence-corrected chi connectivity index (χ3v) is 7.47. The van der Waals surface area contributed by atoms with Gasteiger partial charge in [-0.25, -0.2) is 4.99 Å². The Morgan fingerprint density at radius 2 is 2.03 bits per heavy atom. The van der Waals surface area contributed by atoms with Crippen LogP contribution in [-0.4, -0.2) is 22.3 Å². The molecule has 176 valence electrons. The van der Waals surface area contributed by atoms with Crippen LogP contribution < -0.4 is 5.73 Å². The maximum atomic E-state index is 13.8. The summed E-state index contributed by atoms with van der Waals surface area (Å²) in [5.41, 5.74) is 6.82. The van der Waals surface area contributed by atoms with Crippen molar-refractivity contribution in [2.45, 2.75) is 103 Å². The highest BCUT2D eigenvalue weighted by Crippen LogP contribution is 2.39. The van der Waals surface area contributed by atoms with Crippen molar-refractivity contribution in [2.75, 3.05) is 0 Å². The molecule has 1 aliphatic carbocycles. The topological polar surface area (TPSA) is 88.1 Å². The van der Waals surface area contributed by atoms with Crippen molar-refractivity contribution in [3.8, 4) is 0 Å². The Hall–Kier alpha value is -2.24. The largest absolute Gasteiger partial charge is 0.369 e. The summed E-state index contributed by atoms with van der Waals surface area (Å²) in [6, 6.07) is 7.06. The van der Waals surface area contributed by atoms with Crippen LogP contribution in [0.25, 0.3) is 0 Å². The number of hydrogen-bond acceptors (Lipinski definition) is 5.